The second-order valence-electron chi connectivity index (χ2n) is 4.71. The number of rotatable bonds is 4. The quantitative estimate of drug-likeness (QED) is 0.744. The smallest absolute Gasteiger partial charge is 0.237 e. The highest BCUT2D eigenvalue weighted by Gasteiger charge is 2.22. The van der Waals surface area contributed by atoms with E-state index in [1.807, 2.05) is 14.0 Å². The van der Waals surface area contributed by atoms with Gasteiger partial charge in [0.1, 0.15) is 0 Å². The third-order valence-corrected chi connectivity index (χ3v) is 3.55. The van der Waals surface area contributed by atoms with Crippen LogP contribution in [0.5, 0.6) is 0 Å². The molecule has 1 rings (SSSR count). The molecule has 1 aliphatic rings. The zero-order chi connectivity index (χ0) is 11.3. The molecule has 0 radical (unpaired) electrons. The minimum absolute atomic E-state index is 0.0870. The van der Waals surface area contributed by atoms with Crippen molar-refractivity contribution in [1.82, 2.24) is 10.6 Å². The van der Waals surface area contributed by atoms with Crippen LogP contribution < -0.4 is 10.6 Å². The van der Waals surface area contributed by atoms with Crippen molar-refractivity contribution in [3.05, 3.63) is 0 Å². The van der Waals surface area contributed by atoms with Crippen molar-refractivity contribution in [3.8, 4) is 0 Å². The fourth-order valence-electron chi connectivity index (χ4n) is 2.23. The van der Waals surface area contributed by atoms with Gasteiger partial charge in [-0.1, -0.05) is 19.3 Å². The Balaban J connectivity index is 2.33. The van der Waals surface area contributed by atoms with Gasteiger partial charge in [0.25, 0.3) is 0 Å². The van der Waals surface area contributed by atoms with Crippen molar-refractivity contribution in [2.24, 2.45) is 5.92 Å². The summed E-state index contributed by atoms with van der Waals surface area (Å²) in [6.07, 6.45) is 6.56. The molecule has 3 nitrogen and oxygen atoms in total. The molecular formula is C12H24N2O. The molecule has 2 N–H and O–H groups in total. The second-order valence-corrected chi connectivity index (χ2v) is 4.71. The van der Waals surface area contributed by atoms with Crippen molar-refractivity contribution in [2.45, 2.75) is 58.0 Å². The van der Waals surface area contributed by atoms with E-state index in [0.29, 0.717) is 12.0 Å². The van der Waals surface area contributed by atoms with Gasteiger partial charge in [-0.25, -0.2) is 0 Å². The van der Waals surface area contributed by atoms with Gasteiger partial charge in [-0.05, 0) is 39.7 Å². The van der Waals surface area contributed by atoms with Gasteiger partial charge < -0.3 is 10.6 Å². The maximum Gasteiger partial charge on any atom is 0.237 e. The Morgan fingerprint density at radius 1 is 1.20 bits per heavy atom. The normalized spacial score (nSPS) is 22.1. The Morgan fingerprint density at radius 2 is 1.80 bits per heavy atom. The molecule has 0 aromatic heterocycles. The molecule has 2 atom stereocenters. The molecule has 1 unspecified atom stereocenters. The first-order valence-corrected chi connectivity index (χ1v) is 6.12. The van der Waals surface area contributed by atoms with Gasteiger partial charge in [0.15, 0.2) is 0 Å². The molecule has 1 amide bonds. The highest BCUT2D eigenvalue weighted by molar-refractivity contribution is 5.81. The van der Waals surface area contributed by atoms with Crippen LogP contribution in [-0.4, -0.2) is 25.0 Å². The van der Waals surface area contributed by atoms with Gasteiger partial charge in [0.2, 0.25) is 5.91 Å². The monoisotopic (exact) mass is 212 g/mol. The number of amides is 1. The predicted molar refractivity (Wildman–Crippen MR) is 62.7 cm³/mol. The van der Waals surface area contributed by atoms with Gasteiger partial charge in [0, 0.05) is 6.04 Å². The molecule has 0 aromatic rings. The lowest BCUT2D eigenvalue weighted by Gasteiger charge is -2.29. The molecule has 15 heavy (non-hydrogen) atoms. The fourth-order valence-corrected chi connectivity index (χ4v) is 2.23. The van der Waals surface area contributed by atoms with Gasteiger partial charge in [-0.2, -0.15) is 0 Å². The van der Waals surface area contributed by atoms with E-state index in [1.165, 1.54) is 32.1 Å². The van der Waals surface area contributed by atoms with E-state index >= 15 is 0 Å². The Bertz CT molecular complexity index is 200. The van der Waals surface area contributed by atoms with E-state index in [4.69, 9.17) is 0 Å². The van der Waals surface area contributed by atoms with Crippen LogP contribution in [-0.2, 0) is 4.79 Å². The van der Waals surface area contributed by atoms with Crippen molar-refractivity contribution >= 4 is 5.91 Å². The van der Waals surface area contributed by atoms with E-state index in [9.17, 15) is 4.79 Å². The lowest BCUT2D eigenvalue weighted by molar-refractivity contribution is -0.123. The first-order chi connectivity index (χ1) is 7.15. The summed E-state index contributed by atoms with van der Waals surface area (Å²) in [5.41, 5.74) is 0. The maximum absolute atomic E-state index is 11.7. The molecular weight excluding hydrogens is 188 g/mol. The second kappa shape index (κ2) is 6.11. The number of hydrogen-bond donors (Lipinski definition) is 2. The van der Waals surface area contributed by atoms with Gasteiger partial charge in [-0.3, -0.25) is 4.79 Å². The minimum atomic E-state index is -0.0870. The van der Waals surface area contributed by atoms with Crippen LogP contribution in [0.3, 0.4) is 0 Å². The van der Waals surface area contributed by atoms with Crippen LogP contribution in [0.1, 0.15) is 46.0 Å². The van der Waals surface area contributed by atoms with Gasteiger partial charge >= 0.3 is 0 Å². The molecule has 1 saturated carbocycles. The first kappa shape index (κ1) is 12.5. The average Bonchev–Trinajstić information content (AvgIpc) is 2.29. The van der Waals surface area contributed by atoms with Crippen LogP contribution in [0.4, 0.5) is 0 Å². The average molecular weight is 212 g/mol. The van der Waals surface area contributed by atoms with E-state index in [1.54, 1.807) is 0 Å². The van der Waals surface area contributed by atoms with E-state index in [-0.39, 0.29) is 11.9 Å². The molecule has 1 fully saturated rings. The topological polar surface area (TPSA) is 41.1 Å². The number of hydrogen-bond acceptors (Lipinski definition) is 2. The third kappa shape index (κ3) is 3.82. The highest BCUT2D eigenvalue weighted by Crippen LogP contribution is 2.26. The largest absolute Gasteiger partial charge is 0.352 e. The molecule has 0 aliphatic heterocycles. The van der Waals surface area contributed by atoms with Crippen LogP contribution >= 0.6 is 0 Å². The molecule has 0 bridgehead atoms. The molecule has 1 aliphatic carbocycles. The summed E-state index contributed by atoms with van der Waals surface area (Å²) in [4.78, 5) is 11.7. The van der Waals surface area contributed by atoms with E-state index in [2.05, 4.69) is 17.6 Å². The lowest BCUT2D eigenvalue weighted by atomic mass is 9.84. The number of likely N-dealkylation sites (N-methyl/N-ethyl adjacent to an activating group) is 1. The summed E-state index contributed by atoms with van der Waals surface area (Å²) < 4.78 is 0. The van der Waals surface area contributed by atoms with Crippen LogP contribution in [0, 0.1) is 5.92 Å². The van der Waals surface area contributed by atoms with Crippen LogP contribution in [0.25, 0.3) is 0 Å². The molecule has 88 valence electrons. The Morgan fingerprint density at radius 3 is 2.33 bits per heavy atom. The number of nitrogens with one attached hydrogen (secondary N) is 2. The lowest BCUT2D eigenvalue weighted by Crippen LogP contribution is -2.46. The Kier molecular flexibility index (Phi) is 5.09. The van der Waals surface area contributed by atoms with Crippen LogP contribution in [0.15, 0.2) is 0 Å². The predicted octanol–water partition coefficient (Wildman–Crippen LogP) is 1.68. The van der Waals surface area contributed by atoms with Crippen molar-refractivity contribution in [3.63, 3.8) is 0 Å². The Labute approximate surface area is 93.0 Å². The molecule has 3 heteroatoms. The van der Waals surface area contributed by atoms with E-state index < -0.39 is 0 Å². The maximum atomic E-state index is 11.7. The highest BCUT2D eigenvalue weighted by atomic mass is 16.2. The minimum Gasteiger partial charge on any atom is -0.352 e. The van der Waals surface area contributed by atoms with Gasteiger partial charge in [-0.15, -0.1) is 0 Å². The number of carbonyl (C=O) groups excluding carboxylic acids is 1. The fraction of sp³-hybridized carbons (Fsp3) is 0.917. The molecule has 0 saturated heterocycles. The van der Waals surface area contributed by atoms with Gasteiger partial charge in [0.05, 0.1) is 6.04 Å². The first-order valence-electron chi connectivity index (χ1n) is 6.12. The number of carbonyl (C=O) groups is 1. The van der Waals surface area contributed by atoms with Crippen LogP contribution in [0.2, 0.25) is 0 Å². The molecule has 0 heterocycles. The van der Waals surface area contributed by atoms with Crippen molar-refractivity contribution in [2.75, 3.05) is 7.05 Å². The standard InChI is InChI=1S/C12H24N2O/c1-9(11-7-5-4-6-8-11)14-12(15)10(2)13-3/h9-11,13H,4-8H2,1-3H3,(H,14,15)/t9-,10?/m1/s1. The zero-order valence-electron chi connectivity index (χ0n) is 10.2. The van der Waals surface area contributed by atoms with Crippen molar-refractivity contribution < 1.29 is 4.79 Å². The SMILES string of the molecule is CNC(C)C(=O)N[C@H](C)C1CCCCC1. The molecule has 0 spiro atoms. The summed E-state index contributed by atoms with van der Waals surface area (Å²) in [7, 11) is 1.82. The van der Waals surface area contributed by atoms with Crippen molar-refractivity contribution in [1.29, 1.82) is 0 Å². The molecule has 0 aromatic carbocycles. The summed E-state index contributed by atoms with van der Waals surface area (Å²) in [6.45, 7) is 4.03. The Hall–Kier alpha value is -0.570. The summed E-state index contributed by atoms with van der Waals surface area (Å²) in [5, 5.41) is 6.06. The summed E-state index contributed by atoms with van der Waals surface area (Å²) in [6, 6.07) is 0.240. The third-order valence-electron chi connectivity index (χ3n) is 3.55. The van der Waals surface area contributed by atoms with E-state index in [0.717, 1.165) is 0 Å². The zero-order valence-corrected chi connectivity index (χ0v) is 10.2. The summed E-state index contributed by atoms with van der Waals surface area (Å²) in [5.74, 6) is 0.808. The summed E-state index contributed by atoms with van der Waals surface area (Å²) >= 11 is 0.